The van der Waals surface area contributed by atoms with Crippen LogP contribution in [0.25, 0.3) is 11.1 Å². The molecule has 3 rings (SSSR count). The van der Waals surface area contributed by atoms with Crippen molar-refractivity contribution >= 4 is 11.4 Å². The Kier molecular flexibility index (Phi) is 5.59. The number of rotatable bonds is 7. The zero-order valence-corrected chi connectivity index (χ0v) is 14.8. The van der Waals surface area contributed by atoms with Crippen LogP contribution in [0.5, 0.6) is 5.75 Å². The van der Waals surface area contributed by atoms with Gasteiger partial charge in [-0.3, -0.25) is 9.97 Å². The van der Waals surface area contributed by atoms with Gasteiger partial charge in [-0.2, -0.15) is 0 Å². The predicted molar refractivity (Wildman–Crippen MR) is 105 cm³/mol. The molecule has 0 spiro atoms. The van der Waals surface area contributed by atoms with Crippen LogP contribution < -0.4 is 10.5 Å². The standard InChI is InChI=1S/C21H22N4O/c1-15(22)20-12-17(4-5-21(20)23)18-11-19(14-25-13-18)26-10-2-3-16-6-8-24-9-7-16/h4-9,11-14,22H,2-3,10,23H2,1H3. The Balaban J connectivity index is 1.65. The largest absolute Gasteiger partial charge is 0.492 e. The minimum atomic E-state index is 0.445. The summed E-state index contributed by atoms with van der Waals surface area (Å²) in [5.41, 5.74) is 10.9. The molecular formula is C21H22N4O. The van der Waals surface area contributed by atoms with Gasteiger partial charge in [-0.05, 0) is 61.2 Å². The molecule has 26 heavy (non-hydrogen) atoms. The highest BCUT2D eigenvalue weighted by atomic mass is 16.5. The van der Waals surface area contributed by atoms with Crippen LogP contribution in [0.4, 0.5) is 5.69 Å². The molecule has 2 aromatic heterocycles. The Labute approximate surface area is 153 Å². The van der Waals surface area contributed by atoms with Crippen LogP contribution in [0.3, 0.4) is 0 Å². The summed E-state index contributed by atoms with van der Waals surface area (Å²) >= 11 is 0. The highest BCUT2D eigenvalue weighted by Gasteiger charge is 2.07. The number of hydrogen-bond acceptors (Lipinski definition) is 5. The maximum atomic E-state index is 7.84. The van der Waals surface area contributed by atoms with Crippen molar-refractivity contribution in [3.8, 4) is 16.9 Å². The Morgan fingerprint density at radius 3 is 2.62 bits per heavy atom. The first-order valence-electron chi connectivity index (χ1n) is 8.55. The average molecular weight is 346 g/mol. The molecule has 5 nitrogen and oxygen atoms in total. The second kappa shape index (κ2) is 8.25. The molecule has 0 saturated carbocycles. The van der Waals surface area contributed by atoms with E-state index in [-0.39, 0.29) is 0 Å². The van der Waals surface area contributed by atoms with Crippen molar-refractivity contribution in [1.82, 2.24) is 9.97 Å². The van der Waals surface area contributed by atoms with E-state index in [1.54, 1.807) is 31.7 Å². The van der Waals surface area contributed by atoms with Crippen molar-refractivity contribution < 1.29 is 4.74 Å². The van der Waals surface area contributed by atoms with Crippen molar-refractivity contribution in [1.29, 1.82) is 5.41 Å². The number of nitrogens with two attached hydrogens (primary N) is 1. The van der Waals surface area contributed by atoms with Crippen LogP contribution >= 0.6 is 0 Å². The fourth-order valence-electron chi connectivity index (χ4n) is 2.73. The molecule has 0 bridgehead atoms. The van der Waals surface area contributed by atoms with Crippen molar-refractivity contribution in [2.24, 2.45) is 0 Å². The summed E-state index contributed by atoms with van der Waals surface area (Å²) in [4.78, 5) is 8.30. The van der Waals surface area contributed by atoms with E-state index < -0.39 is 0 Å². The minimum absolute atomic E-state index is 0.445. The number of nitrogens with one attached hydrogen (secondary N) is 1. The Bertz CT molecular complexity index is 894. The van der Waals surface area contributed by atoms with E-state index >= 15 is 0 Å². The van der Waals surface area contributed by atoms with E-state index in [9.17, 15) is 0 Å². The quantitative estimate of drug-likeness (QED) is 0.383. The lowest BCUT2D eigenvalue weighted by Crippen LogP contribution is -2.01. The first-order valence-corrected chi connectivity index (χ1v) is 8.55. The lowest BCUT2D eigenvalue weighted by molar-refractivity contribution is 0.310. The molecule has 0 unspecified atom stereocenters. The second-order valence-corrected chi connectivity index (χ2v) is 6.14. The van der Waals surface area contributed by atoms with E-state index in [0.29, 0.717) is 18.0 Å². The normalized spacial score (nSPS) is 10.5. The van der Waals surface area contributed by atoms with Gasteiger partial charge in [-0.15, -0.1) is 0 Å². The summed E-state index contributed by atoms with van der Waals surface area (Å²) in [6.07, 6.45) is 9.00. The van der Waals surface area contributed by atoms with Gasteiger partial charge in [-0.25, -0.2) is 0 Å². The van der Waals surface area contributed by atoms with Crippen molar-refractivity contribution in [2.45, 2.75) is 19.8 Å². The minimum Gasteiger partial charge on any atom is -0.492 e. The highest BCUT2D eigenvalue weighted by Crippen LogP contribution is 2.26. The molecule has 0 fully saturated rings. The lowest BCUT2D eigenvalue weighted by atomic mass is 10.0. The molecule has 3 aromatic rings. The number of benzene rings is 1. The number of nitrogens with zero attached hydrogens (tertiary/aromatic N) is 2. The third-order valence-corrected chi connectivity index (χ3v) is 4.13. The molecule has 0 saturated heterocycles. The Morgan fingerprint density at radius 2 is 1.85 bits per heavy atom. The molecular weight excluding hydrogens is 324 g/mol. The third kappa shape index (κ3) is 4.45. The van der Waals surface area contributed by atoms with Crippen LogP contribution in [-0.4, -0.2) is 22.3 Å². The summed E-state index contributed by atoms with van der Waals surface area (Å²) in [6, 6.07) is 11.7. The molecule has 0 aliphatic carbocycles. The monoisotopic (exact) mass is 346 g/mol. The molecule has 0 aliphatic heterocycles. The molecule has 0 aliphatic rings. The summed E-state index contributed by atoms with van der Waals surface area (Å²) in [5.74, 6) is 0.738. The number of pyridine rings is 2. The first-order chi connectivity index (χ1) is 12.6. The molecule has 0 radical (unpaired) electrons. The third-order valence-electron chi connectivity index (χ3n) is 4.13. The van der Waals surface area contributed by atoms with Gasteiger partial charge >= 0.3 is 0 Å². The summed E-state index contributed by atoms with van der Waals surface area (Å²) < 4.78 is 5.85. The molecule has 1 aromatic carbocycles. The molecule has 0 atom stereocenters. The number of aryl methyl sites for hydroxylation is 1. The van der Waals surface area contributed by atoms with E-state index in [0.717, 1.165) is 35.3 Å². The van der Waals surface area contributed by atoms with E-state index in [2.05, 4.69) is 9.97 Å². The highest BCUT2D eigenvalue weighted by molar-refractivity contribution is 6.02. The van der Waals surface area contributed by atoms with Crippen molar-refractivity contribution in [3.63, 3.8) is 0 Å². The fourth-order valence-corrected chi connectivity index (χ4v) is 2.73. The van der Waals surface area contributed by atoms with E-state index in [1.165, 1.54) is 5.56 Å². The van der Waals surface area contributed by atoms with Crippen LogP contribution in [0.15, 0.2) is 61.2 Å². The van der Waals surface area contributed by atoms with E-state index in [4.69, 9.17) is 15.9 Å². The second-order valence-electron chi connectivity index (χ2n) is 6.14. The number of hydrogen-bond donors (Lipinski definition) is 2. The van der Waals surface area contributed by atoms with Gasteiger partial charge in [0, 0.05) is 41.1 Å². The van der Waals surface area contributed by atoms with Crippen molar-refractivity contribution in [3.05, 3.63) is 72.3 Å². The van der Waals surface area contributed by atoms with Crippen molar-refractivity contribution in [2.75, 3.05) is 12.3 Å². The van der Waals surface area contributed by atoms with Crippen LogP contribution in [0.1, 0.15) is 24.5 Å². The van der Waals surface area contributed by atoms with Crippen LogP contribution in [0, 0.1) is 5.41 Å². The van der Waals surface area contributed by atoms with Gasteiger partial charge in [0.2, 0.25) is 0 Å². The lowest BCUT2D eigenvalue weighted by Gasteiger charge is -2.10. The summed E-state index contributed by atoms with van der Waals surface area (Å²) in [5, 5.41) is 7.84. The van der Waals surface area contributed by atoms with Gasteiger partial charge in [0.15, 0.2) is 0 Å². The Hall–Kier alpha value is -3.21. The number of nitrogen functional groups attached to an aromatic ring is 1. The SMILES string of the molecule is CC(=N)c1cc(-c2cncc(OCCCc3ccncc3)c2)ccc1N. The topological polar surface area (TPSA) is 84.9 Å². The predicted octanol–water partition coefficient (Wildman–Crippen LogP) is 4.13. The smallest absolute Gasteiger partial charge is 0.138 e. The maximum absolute atomic E-state index is 7.84. The van der Waals surface area contributed by atoms with Gasteiger partial charge in [0.25, 0.3) is 0 Å². The molecule has 3 N–H and O–H groups in total. The van der Waals surface area contributed by atoms with Crippen LogP contribution in [-0.2, 0) is 6.42 Å². The number of aromatic nitrogens is 2. The van der Waals surface area contributed by atoms with Crippen LogP contribution in [0.2, 0.25) is 0 Å². The summed E-state index contributed by atoms with van der Waals surface area (Å²) in [7, 11) is 0. The zero-order valence-electron chi connectivity index (χ0n) is 14.8. The molecule has 2 heterocycles. The Morgan fingerprint density at radius 1 is 1.04 bits per heavy atom. The molecule has 5 heteroatoms. The molecule has 132 valence electrons. The van der Waals surface area contributed by atoms with Gasteiger partial charge in [0.05, 0.1) is 12.8 Å². The molecule has 0 amide bonds. The number of ether oxygens (including phenoxy) is 1. The fraction of sp³-hybridized carbons (Fsp3) is 0.190. The zero-order chi connectivity index (χ0) is 18.4. The first kappa shape index (κ1) is 17.6. The van der Waals surface area contributed by atoms with Gasteiger partial charge in [-0.1, -0.05) is 6.07 Å². The summed E-state index contributed by atoms with van der Waals surface area (Å²) in [6.45, 7) is 2.36. The van der Waals surface area contributed by atoms with Gasteiger partial charge in [0.1, 0.15) is 5.75 Å². The van der Waals surface area contributed by atoms with Gasteiger partial charge < -0.3 is 15.9 Å². The number of anilines is 1. The van der Waals surface area contributed by atoms with E-state index in [1.807, 2.05) is 36.4 Å². The maximum Gasteiger partial charge on any atom is 0.138 e. The average Bonchev–Trinajstić information content (AvgIpc) is 2.66.